The fourth-order valence-electron chi connectivity index (χ4n) is 3.63. The number of aromatic nitrogens is 2. The first-order chi connectivity index (χ1) is 10.5. The third-order valence-corrected chi connectivity index (χ3v) is 4.96. The van der Waals surface area contributed by atoms with Crippen molar-refractivity contribution in [2.45, 2.75) is 45.3 Å². The molecule has 22 heavy (non-hydrogen) atoms. The Labute approximate surface area is 130 Å². The summed E-state index contributed by atoms with van der Waals surface area (Å²) in [6.45, 7) is 6.18. The van der Waals surface area contributed by atoms with Gasteiger partial charge in [-0.3, -0.25) is 4.79 Å². The van der Waals surface area contributed by atoms with Crippen molar-refractivity contribution in [1.29, 1.82) is 0 Å². The number of nitrogens with zero attached hydrogens (tertiary/aromatic N) is 3. The molecule has 0 aliphatic carbocycles. The Morgan fingerprint density at radius 3 is 2.68 bits per heavy atom. The Balaban J connectivity index is 1.56. The quantitative estimate of drug-likeness (QED) is 0.864. The normalized spacial score (nSPS) is 26.1. The van der Waals surface area contributed by atoms with E-state index in [1.165, 1.54) is 0 Å². The van der Waals surface area contributed by atoms with E-state index in [4.69, 9.17) is 0 Å². The van der Waals surface area contributed by atoms with Crippen molar-refractivity contribution in [1.82, 2.24) is 20.4 Å². The molecular weight excluding hydrogens is 280 g/mol. The molecule has 0 radical (unpaired) electrons. The second kappa shape index (κ2) is 5.93. The molecule has 3 rings (SSSR count). The van der Waals surface area contributed by atoms with Crippen LogP contribution in [0.15, 0.2) is 12.1 Å². The maximum atomic E-state index is 12.1. The van der Waals surface area contributed by atoms with Crippen molar-refractivity contribution in [3.63, 3.8) is 0 Å². The molecule has 1 unspecified atom stereocenters. The number of β-amino-alcohol motifs (C(OH)–C–C–N with tert-alkyl or cyclic N) is 1. The average molecular weight is 304 g/mol. The molecule has 1 aromatic rings. The minimum Gasteiger partial charge on any atom is -0.385 e. The molecule has 3 heterocycles. The zero-order valence-corrected chi connectivity index (χ0v) is 13.2. The number of piperidine rings is 1. The van der Waals surface area contributed by atoms with E-state index < -0.39 is 6.10 Å². The second-order valence-corrected chi connectivity index (χ2v) is 6.77. The number of aliphatic hydroxyl groups excluding tert-OH is 1. The summed E-state index contributed by atoms with van der Waals surface area (Å²) < 4.78 is 0. The first-order valence-electron chi connectivity index (χ1n) is 8.00. The lowest BCUT2D eigenvalue weighted by molar-refractivity contribution is -0.130. The topological polar surface area (TPSA) is 78.4 Å². The van der Waals surface area contributed by atoms with Crippen LogP contribution in [-0.4, -0.2) is 51.8 Å². The molecule has 0 saturated carbocycles. The Kier molecular flexibility index (Phi) is 4.14. The fourth-order valence-corrected chi connectivity index (χ4v) is 3.63. The third-order valence-electron chi connectivity index (χ3n) is 4.96. The van der Waals surface area contributed by atoms with Crippen molar-refractivity contribution in [3.8, 4) is 0 Å². The number of nitrogens with one attached hydrogen (secondary N) is 1. The summed E-state index contributed by atoms with van der Waals surface area (Å²) in [5.41, 5.74) is 1.28. The fraction of sp³-hybridized carbons (Fsp3) is 0.688. The van der Waals surface area contributed by atoms with Gasteiger partial charge in [-0.25, -0.2) is 0 Å². The molecule has 1 amide bonds. The van der Waals surface area contributed by atoms with Crippen LogP contribution in [-0.2, 0) is 4.79 Å². The largest absolute Gasteiger partial charge is 0.385 e. The third kappa shape index (κ3) is 2.98. The van der Waals surface area contributed by atoms with E-state index >= 15 is 0 Å². The Hall–Kier alpha value is -1.53. The minimum absolute atomic E-state index is 0.176. The van der Waals surface area contributed by atoms with Crippen molar-refractivity contribution >= 4 is 5.91 Å². The van der Waals surface area contributed by atoms with Gasteiger partial charge in [0.1, 0.15) is 6.10 Å². The van der Waals surface area contributed by atoms with Gasteiger partial charge >= 0.3 is 0 Å². The lowest BCUT2D eigenvalue weighted by Gasteiger charge is -2.38. The predicted molar refractivity (Wildman–Crippen MR) is 82.1 cm³/mol. The van der Waals surface area contributed by atoms with Crippen LogP contribution in [0.1, 0.15) is 43.7 Å². The number of aliphatic hydroxyl groups is 1. The van der Waals surface area contributed by atoms with E-state index in [1.807, 2.05) is 19.1 Å². The Morgan fingerprint density at radius 1 is 1.41 bits per heavy atom. The maximum absolute atomic E-state index is 12.1. The SMILES string of the molecule is Cc1ccc([C@H](O)CN2CCC3(CC2)CC(C)NC3=O)nn1. The van der Waals surface area contributed by atoms with Gasteiger partial charge in [0, 0.05) is 12.6 Å². The summed E-state index contributed by atoms with van der Waals surface area (Å²) in [7, 11) is 0. The van der Waals surface area contributed by atoms with Crippen LogP contribution >= 0.6 is 0 Å². The number of amides is 1. The molecule has 6 nitrogen and oxygen atoms in total. The molecule has 2 aliphatic heterocycles. The average Bonchev–Trinajstić information content (AvgIpc) is 2.76. The lowest BCUT2D eigenvalue weighted by atomic mass is 9.76. The zero-order chi connectivity index (χ0) is 15.7. The van der Waals surface area contributed by atoms with E-state index in [1.54, 1.807) is 0 Å². The number of aryl methyl sites for hydroxylation is 1. The van der Waals surface area contributed by atoms with E-state index in [2.05, 4.69) is 27.3 Å². The van der Waals surface area contributed by atoms with E-state index in [0.717, 1.165) is 38.0 Å². The van der Waals surface area contributed by atoms with E-state index in [0.29, 0.717) is 12.2 Å². The standard InChI is InChI=1S/C16H24N4O2/c1-11-3-4-13(19-18-11)14(21)10-20-7-5-16(6-8-20)9-12(2)17-15(16)22/h3-4,12,14,21H,5-10H2,1-2H3,(H,17,22)/t12?,14-/m1/s1. The summed E-state index contributed by atoms with van der Waals surface area (Å²) in [4.78, 5) is 14.4. The Morgan fingerprint density at radius 2 is 2.14 bits per heavy atom. The van der Waals surface area contributed by atoms with Gasteiger partial charge in [0.25, 0.3) is 0 Å². The van der Waals surface area contributed by atoms with Gasteiger partial charge in [-0.2, -0.15) is 10.2 Å². The summed E-state index contributed by atoms with van der Waals surface area (Å²) in [5, 5.41) is 21.4. The van der Waals surface area contributed by atoms with Gasteiger partial charge in [0.2, 0.25) is 5.91 Å². The lowest BCUT2D eigenvalue weighted by Crippen LogP contribution is -2.45. The number of hydrogen-bond donors (Lipinski definition) is 2. The molecule has 2 fully saturated rings. The molecule has 2 atom stereocenters. The van der Waals surface area contributed by atoms with Crippen LogP contribution in [0.25, 0.3) is 0 Å². The molecule has 2 N–H and O–H groups in total. The number of carbonyl (C=O) groups excluding carboxylic acids is 1. The van der Waals surface area contributed by atoms with Crippen LogP contribution in [0.5, 0.6) is 0 Å². The van der Waals surface area contributed by atoms with Crippen LogP contribution in [0.4, 0.5) is 0 Å². The van der Waals surface area contributed by atoms with Crippen LogP contribution in [0, 0.1) is 12.3 Å². The number of likely N-dealkylation sites (tertiary alicyclic amines) is 1. The van der Waals surface area contributed by atoms with Gasteiger partial charge in [0.15, 0.2) is 0 Å². The molecule has 0 aromatic carbocycles. The molecule has 1 spiro atoms. The summed E-state index contributed by atoms with van der Waals surface area (Å²) in [6, 6.07) is 3.97. The maximum Gasteiger partial charge on any atom is 0.226 e. The molecule has 1 aromatic heterocycles. The second-order valence-electron chi connectivity index (χ2n) is 6.77. The highest BCUT2D eigenvalue weighted by atomic mass is 16.3. The van der Waals surface area contributed by atoms with Crippen LogP contribution in [0.2, 0.25) is 0 Å². The molecule has 2 saturated heterocycles. The summed E-state index contributed by atoms with van der Waals surface area (Å²) in [5.74, 6) is 0.213. The highest BCUT2D eigenvalue weighted by Gasteiger charge is 2.46. The van der Waals surface area contributed by atoms with Gasteiger partial charge in [0.05, 0.1) is 16.8 Å². The smallest absolute Gasteiger partial charge is 0.226 e. The first-order valence-corrected chi connectivity index (χ1v) is 8.00. The highest BCUT2D eigenvalue weighted by molar-refractivity contribution is 5.85. The van der Waals surface area contributed by atoms with E-state index in [-0.39, 0.29) is 17.4 Å². The number of hydrogen-bond acceptors (Lipinski definition) is 5. The summed E-state index contributed by atoms with van der Waals surface area (Å²) in [6.07, 6.45) is 2.05. The van der Waals surface area contributed by atoms with Crippen molar-refractivity contribution in [3.05, 3.63) is 23.5 Å². The minimum atomic E-state index is -0.626. The monoisotopic (exact) mass is 304 g/mol. The summed E-state index contributed by atoms with van der Waals surface area (Å²) >= 11 is 0. The van der Waals surface area contributed by atoms with Gasteiger partial charge in [-0.05, 0) is 58.3 Å². The molecule has 120 valence electrons. The van der Waals surface area contributed by atoms with Gasteiger partial charge in [-0.15, -0.1) is 0 Å². The zero-order valence-electron chi connectivity index (χ0n) is 13.2. The van der Waals surface area contributed by atoms with Crippen LogP contribution in [0.3, 0.4) is 0 Å². The highest BCUT2D eigenvalue weighted by Crippen LogP contribution is 2.40. The molecule has 2 aliphatic rings. The molecular formula is C16H24N4O2. The van der Waals surface area contributed by atoms with Crippen molar-refractivity contribution in [2.75, 3.05) is 19.6 Å². The predicted octanol–water partition coefficient (Wildman–Crippen LogP) is 0.809. The first kappa shape index (κ1) is 15.4. The van der Waals surface area contributed by atoms with Gasteiger partial charge in [-0.1, -0.05) is 0 Å². The Bertz CT molecular complexity index is 538. The molecule has 0 bridgehead atoms. The van der Waals surface area contributed by atoms with Gasteiger partial charge < -0.3 is 15.3 Å². The number of carbonyl (C=O) groups is 1. The van der Waals surface area contributed by atoms with Crippen LogP contribution < -0.4 is 5.32 Å². The van der Waals surface area contributed by atoms with E-state index in [9.17, 15) is 9.90 Å². The van der Waals surface area contributed by atoms with Crippen molar-refractivity contribution < 1.29 is 9.90 Å². The molecule has 6 heteroatoms. The number of rotatable bonds is 3. The van der Waals surface area contributed by atoms with Crippen molar-refractivity contribution in [2.24, 2.45) is 5.41 Å².